The van der Waals surface area contributed by atoms with Crippen molar-refractivity contribution in [3.8, 4) is 0 Å². The molecule has 33 heavy (non-hydrogen) atoms. The van der Waals surface area contributed by atoms with Crippen molar-refractivity contribution >= 4 is 14.4 Å². The van der Waals surface area contributed by atoms with Gasteiger partial charge in [0.05, 0.1) is 0 Å². The molecule has 0 aliphatic heterocycles. The quantitative estimate of drug-likeness (QED) is 0.541. The van der Waals surface area contributed by atoms with Crippen molar-refractivity contribution in [2.24, 2.45) is 11.8 Å². The van der Waals surface area contributed by atoms with Crippen LogP contribution in [0.25, 0.3) is 11.1 Å². The predicted octanol–water partition coefficient (Wildman–Crippen LogP) is 2.34. The molecule has 0 spiro atoms. The van der Waals surface area contributed by atoms with Crippen LogP contribution in [0.3, 0.4) is 0 Å². The van der Waals surface area contributed by atoms with Crippen molar-refractivity contribution < 1.29 is 46.1 Å². The van der Waals surface area contributed by atoms with E-state index in [1.165, 1.54) is 32.1 Å². The van der Waals surface area contributed by atoms with Crippen LogP contribution in [-0.4, -0.2) is 3.21 Å². The number of hydrogen-bond donors (Lipinski definition) is 0. The van der Waals surface area contributed by atoms with Crippen LogP contribution in [0.4, 0.5) is 0 Å². The first-order valence-corrected chi connectivity index (χ1v) is 16.5. The zero-order valence-corrected chi connectivity index (χ0v) is 24.3. The molecule has 2 aromatic rings. The molecule has 1 fully saturated rings. The molecule has 0 aromatic heterocycles. The summed E-state index contributed by atoms with van der Waals surface area (Å²) >= 11 is -2.07. The number of rotatable bonds is 4. The van der Waals surface area contributed by atoms with E-state index in [4.69, 9.17) is 0 Å². The SMILES string of the molecule is CC(C)C1=C[CH]([Zr+2](=[C]2CCCCC2)[CH]2C=C(C(C)C)c3ccccc32)c2ccccc21.[Cl-].[Cl-]. The van der Waals surface area contributed by atoms with E-state index >= 15 is 0 Å². The summed E-state index contributed by atoms with van der Waals surface area (Å²) in [6.07, 6.45) is 12.6. The van der Waals surface area contributed by atoms with Gasteiger partial charge in [0.1, 0.15) is 0 Å². The Balaban J connectivity index is 0.00000153. The predicted molar refractivity (Wildman–Crippen MR) is 132 cm³/mol. The summed E-state index contributed by atoms with van der Waals surface area (Å²) in [6.45, 7) is 9.51. The van der Waals surface area contributed by atoms with Gasteiger partial charge in [-0.25, -0.2) is 0 Å². The van der Waals surface area contributed by atoms with Crippen molar-refractivity contribution in [2.75, 3.05) is 0 Å². The Morgan fingerprint density at radius 2 is 1.06 bits per heavy atom. The van der Waals surface area contributed by atoms with Crippen molar-refractivity contribution in [1.82, 2.24) is 0 Å². The molecule has 2 aromatic carbocycles. The van der Waals surface area contributed by atoms with Gasteiger partial charge in [0.2, 0.25) is 0 Å². The van der Waals surface area contributed by atoms with E-state index in [-0.39, 0.29) is 24.8 Å². The largest absolute Gasteiger partial charge is 1.00 e. The zero-order chi connectivity index (χ0) is 21.5. The zero-order valence-electron chi connectivity index (χ0n) is 20.4. The minimum atomic E-state index is -2.07. The van der Waals surface area contributed by atoms with Gasteiger partial charge in [-0.2, -0.15) is 0 Å². The number of halogens is 2. The molecule has 0 bridgehead atoms. The van der Waals surface area contributed by atoms with Crippen LogP contribution in [0.1, 0.15) is 89.3 Å². The van der Waals surface area contributed by atoms with E-state index < -0.39 is 21.3 Å². The normalized spacial score (nSPS) is 20.8. The summed E-state index contributed by atoms with van der Waals surface area (Å²) in [5, 5.41) is 0. The molecule has 0 radical (unpaired) electrons. The summed E-state index contributed by atoms with van der Waals surface area (Å²) in [6, 6.07) is 18.8. The minimum Gasteiger partial charge on any atom is -1.00 e. The maximum atomic E-state index is 2.75. The van der Waals surface area contributed by atoms with Gasteiger partial charge in [0, 0.05) is 0 Å². The molecule has 0 nitrogen and oxygen atoms in total. The monoisotopic (exact) mass is 556 g/mol. The third kappa shape index (κ3) is 4.98. The Morgan fingerprint density at radius 1 is 0.636 bits per heavy atom. The van der Waals surface area contributed by atoms with E-state index in [0.717, 1.165) is 0 Å². The van der Waals surface area contributed by atoms with E-state index in [1.54, 1.807) is 33.4 Å². The molecule has 2 unspecified atom stereocenters. The summed E-state index contributed by atoms with van der Waals surface area (Å²) < 4.78 is 3.42. The second kappa shape index (κ2) is 11.3. The Labute approximate surface area is 220 Å². The number of benzene rings is 2. The van der Waals surface area contributed by atoms with E-state index in [1.807, 2.05) is 3.21 Å². The Morgan fingerprint density at radius 3 is 1.48 bits per heavy atom. The Bertz CT molecular complexity index is 1010. The van der Waals surface area contributed by atoms with Gasteiger partial charge in [-0.05, 0) is 0 Å². The standard InChI is InChI=1S/2C12H13.C6H10.2ClH.Zr/c2*1-9(2)11-8-7-10-5-3-4-6-12(10)11;1-2-4-6-5-3-1;;;/h2*3-9H,1-2H3;1-5H2;2*1H;/q;;;;;+2/p-2. The van der Waals surface area contributed by atoms with Gasteiger partial charge in [-0.1, -0.05) is 0 Å². The topological polar surface area (TPSA) is 0 Å². The molecular weight excluding hydrogens is 522 g/mol. The first kappa shape index (κ1) is 26.9. The Kier molecular flexibility index (Phi) is 9.22. The maximum absolute atomic E-state index is 2.75. The molecule has 0 heterocycles. The molecule has 0 saturated heterocycles. The smallest absolute Gasteiger partial charge is 1.00 e. The minimum absolute atomic E-state index is 0. The van der Waals surface area contributed by atoms with Gasteiger partial charge < -0.3 is 24.8 Å². The molecule has 2 atom stereocenters. The molecule has 3 aliphatic rings. The van der Waals surface area contributed by atoms with Gasteiger partial charge >= 0.3 is 197 Å². The molecule has 1 saturated carbocycles. The van der Waals surface area contributed by atoms with Crippen LogP contribution in [0, 0.1) is 11.8 Å². The fourth-order valence-corrected chi connectivity index (χ4v) is 16.3. The van der Waals surface area contributed by atoms with Gasteiger partial charge in [0.15, 0.2) is 0 Å². The average molecular weight is 559 g/mol. The third-order valence-corrected chi connectivity index (χ3v) is 16.6. The first-order valence-electron chi connectivity index (χ1n) is 12.4. The molecule has 0 N–H and O–H groups in total. The van der Waals surface area contributed by atoms with Crippen LogP contribution in [0.5, 0.6) is 0 Å². The van der Waals surface area contributed by atoms with Crippen LogP contribution in [0.15, 0.2) is 60.7 Å². The van der Waals surface area contributed by atoms with E-state index in [2.05, 4.69) is 88.4 Å². The fourth-order valence-electron chi connectivity index (χ4n) is 6.20. The molecular formula is C30H36Cl2Zr. The number of allylic oxidation sites excluding steroid dienone is 4. The number of fused-ring (bicyclic) bond motifs is 2. The summed E-state index contributed by atoms with van der Waals surface area (Å²) in [4.78, 5) is 0. The van der Waals surface area contributed by atoms with Crippen LogP contribution >= 0.6 is 0 Å². The van der Waals surface area contributed by atoms with E-state index in [9.17, 15) is 0 Å². The van der Waals surface area contributed by atoms with Gasteiger partial charge in [-0.15, -0.1) is 0 Å². The van der Waals surface area contributed by atoms with Crippen LogP contribution in [-0.2, 0) is 21.3 Å². The van der Waals surface area contributed by atoms with Crippen molar-refractivity contribution in [1.29, 1.82) is 0 Å². The van der Waals surface area contributed by atoms with Crippen LogP contribution < -0.4 is 24.8 Å². The fraction of sp³-hybridized carbons (Fsp3) is 0.433. The molecule has 3 aliphatic carbocycles. The second-order valence-corrected chi connectivity index (χ2v) is 17.3. The third-order valence-electron chi connectivity index (χ3n) is 7.69. The Hall–Kier alpha value is -0.747. The van der Waals surface area contributed by atoms with Gasteiger partial charge in [0.25, 0.3) is 0 Å². The van der Waals surface area contributed by atoms with Crippen molar-refractivity contribution in [3.05, 3.63) is 82.9 Å². The van der Waals surface area contributed by atoms with Crippen molar-refractivity contribution in [3.63, 3.8) is 0 Å². The molecule has 3 heteroatoms. The summed E-state index contributed by atoms with van der Waals surface area (Å²) in [7, 11) is 0. The number of hydrogen-bond acceptors (Lipinski definition) is 0. The molecule has 5 rings (SSSR count). The van der Waals surface area contributed by atoms with Crippen LogP contribution in [0.2, 0.25) is 0 Å². The average Bonchev–Trinajstić information content (AvgIpc) is 3.35. The first-order chi connectivity index (χ1) is 15.1. The summed E-state index contributed by atoms with van der Waals surface area (Å²) in [5.41, 5.74) is 9.63. The maximum Gasteiger partial charge on any atom is -1.00 e. The second-order valence-electron chi connectivity index (χ2n) is 10.3. The summed E-state index contributed by atoms with van der Waals surface area (Å²) in [5.74, 6) is 1.20. The van der Waals surface area contributed by atoms with Crippen molar-refractivity contribution in [2.45, 2.75) is 67.1 Å². The molecule has 0 amide bonds. The molecule has 174 valence electrons. The van der Waals surface area contributed by atoms with E-state index in [0.29, 0.717) is 19.1 Å². The van der Waals surface area contributed by atoms with Gasteiger partial charge in [-0.3, -0.25) is 0 Å².